The molecule has 4 heteroatoms. The largest absolute Gasteiger partial charge is 0.492 e. The molecule has 1 heterocycles. The van der Waals surface area contributed by atoms with Gasteiger partial charge in [-0.1, -0.05) is 41.9 Å². The van der Waals surface area contributed by atoms with Gasteiger partial charge in [-0.15, -0.1) is 11.3 Å². The second-order valence-electron chi connectivity index (χ2n) is 6.22. The zero-order chi connectivity index (χ0) is 17.6. The lowest BCUT2D eigenvalue weighted by Gasteiger charge is -2.18. The second kappa shape index (κ2) is 8.52. The minimum atomic E-state index is 0.189. The Morgan fingerprint density at radius 3 is 2.44 bits per heavy atom. The Morgan fingerprint density at radius 1 is 1.00 bits per heavy atom. The molecule has 0 radical (unpaired) electrons. The van der Waals surface area contributed by atoms with Crippen LogP contribution < -0.4 is 4.74 Å². The van der Waals surface area contributed by atoms with Crippen LogP contribution in [0, 0.1) is 0 Å². The Labute approximate surface area is 158 Å². The first-order chi connectivity index (χ1) is 12.1. The summed E-state index contributed by atoms with van der Waals surface area (Å²) in [6.45, 7) is 1.59. The number of hydrogen-bond acceptors (Lipinski definition) is 3. The maximum absolute atomic E-state index is 6.23. The van der Waals surface area contributed by atoms with E-state index in [1.54, 1.807) is 11.3 Å². The first-order valence-electron chi connectivity index (χ1n) is 8.30. The van der Waals surface area contributed by atoms with Gasteiger partial charge >= 0.3 is 0 Å². The zero-order valence-corrected chi connectivity index (χ0v) is 16.1. The smallest absolute Gasteiger partial charge is 0.119 e. The molecule has 0 fully saturated rings. The molecule has 3 rings (SSSR count). The van der Waals surface area contributed by atoms with Crippen molar-refractivity contribution in [2.75, 3.05) is 27.2 Å². The molecule has 0 saturated heterocycles. The summed E-state index contributed by atoms with van der Waals surface area (Å²) in [5.74, 6) is 1.09. The van der Waals surface area contributed by atoms with Crippen molar-refractivity contribution >= 4 is 22.9 Å². The van der Waals surface area contributed by atoms with Crippen LogP contribution in [-0.4, -0.2) is 32.1 Å². The Hall–Kier alpha value is -1.81. The molecule has 1 atom stereocenters. The molecule has 3 aromatic rings. The maximum atomic E-state index is 6.23. The minimum Gasteiger partial charge on any atom is -0.492 e. The normalized spacial score (nSPS) is 12.3. The second-order valence-corrected chi connectivity index (χ2v) is 7.64. The van der Waals surface area contributed by atoms with Gasteiger partial charge in [0.15, 0.2) is 0 Å². The van der Waals surface area contributed by atoms with Crippen LogP contribution in [0.2, 0.25) is 5.02 Å². The van der Waals surface area contributed by atoms with E-state index in [0.717, 1.165) is 17.3 Å². The van der Waals surface area contributed by atoms with Crippen molar-refractivity contribution in [3.63, 3.8) is 0 Å². The number of ether oxygens (including phenoxy) is 1. The standard InChI is InChI=1S/C21H22ClNOS/c1-23(2)12-13-24-19-10-8-16(9-11-19)21(20-7-4-14-25-20)17-5-3-6-18(22)15-17/h3-11,14-15,21H,12-13H2,1-2H3. The fourth-order valence-corrected chi connectivity index (χ4v) is 3.84. The van der Waals surface area contributed by atoms with Crippen molar-refractivity contribution < 1.29 is 4.74 Å². The van der Waals surface area contributed by atoms with E-state index in [1.807, 2.05) is 32.3 Å². The summed E-state index contributed by atoms with van der Waals surface area (Å²) < 4.78 is 5.81. The number of halogens is 1. The van der Waals surface area contributed by atoms with E-state index >= 15 is 0 Å². The average molecular weight is 372 g/mol. The molecule has 0 aliphatic rings. The maximum Gasteiger partial charge on any atom is 0.119 e. The highest BCUT2D eigenvalue weighted by atomic mass is 35.5. The molecule has 0 bridgehead atoms. The molecule has 0 aliphatic heterocycles. The Morgan fingerprint density at radius 2 is 1.80 bits per heavy atom. The topological polar surface area (TPSA) is 12.5 Å². The molecule has 0 aliphatic carbocycles. The molecule has 130 valence electrons. The monoisotopic (exact) mass is 371 g/mol. The van der Waals surface area contributed by atoms with Crippen molar-refractivity contribution in [3.05, 3.63) is 87.1 Å². The van der Waals surface area contributed by atoms with Gasteiger partial charge in [-0.3, -0.25) is 0 Å². The van der Waals surface area contributed by atoms with Crippen molar-refractivity contribution in [3.8, 4) is 5.75 Å². The van der Waals surface area contributed by atoms with E-state index in [9.17, 15) is 0 Å². The van der Waals surface area contributed by atoms with Gasteiger partial charge in [0.25, 0.3) is 0 Å². The first kappa shape index (κ1) is 18.0. The number of benzene rings is 2. The van der Waals surface area contributed by atoms with E-state index in [2.05, 4.69) is 52.7 Å². The fourth-order valence-electron chi connectivity index (χ4n) is 2.77. The zero-order valence-electron chi connectivity index (χ0n) is 14.5. The predicted octanol–water partition coefficient (Wildman–Crippen LogP) is 5.52. The van der Waals surface area contributed by atoms with Gasteiger partial charge in [0.2, 0.25) is 0 Å². The number of thiophene rings is 1. The Balaban J connectivity index is 1.84. The van der Waals surface area contributed by atoms with Crippen LogP contribution in [0.1, 0.15) is 21.9 Å². The van der Waals surface area contributed by atoms with Gasteiger partial charge < -0.3 is 9.64 Å². The van der Waals surface area contributed by atoms with Gasteiger partial charge in [-0.2, -0.15) is 0 Å². The number of hydrogen-bond donors (Lipinski definition) is 0. The summed E-state index contributed by atoms with van der Waals surface area (Å²) in [5, 5.41) is 2.88. The Kier molecular flexibility index (Phi) is 6.14. The third-order valence-electron chi connectivity index (χ3n) is 4.03. The van der Waals surface area contributed by atoms with Gasteiger partial charge in [-0.05, 0) is 60.9 Å². The predicted molar refractivity (Wildman–Crippen MR) is 107 cm³/mol. The van der Waals surface area contributed by atoms with Crippen LogP contribution in [0.15, 0.2) is 66.0 Å². The quantitative estimate of drug-likeness (QED) is 0.542. The summed E-state index contributed by atoms with van der Waals surface area (Å²) >= 11 is 7.99. The van der Waals surface area contributed by atoms with Crippen LogP contribution in [0.5, 0.6) is 5.75 Å². The minimum absolute atomic E-state index is 0.189. The summed E-state index contributed by atoms with van der Waals surface area (Å²) in [7, 11) is 4.09. The molecular formula is C21H22ClNOS. The van der Waals surface area contributed by atoms with Crippen molar-refractivity contribution in [2.24, 2.45) is 0 Å². The molecule has 2 nitrogen and oxygen atoms in total. The summed E-state index contributed by atoms with van der Waals surface area (Å²) in [4.78, 5) is 3.42. The molecule has 1 aromatic heterocycles. The van der Waals surface area contributed by atoms with E-state index in [4.69, 9.17) is 16.3 Å². The summed E-state index contributed by atoms with van der Waals surface area (Å²) in [6.07, 6.45) is 0. The number of likely N-dealkylation sites (N-methyl/N-ethyl adjacent to an activating group) is 1. The fraction of sp³-hybridized carbons (Fsp3) is 0.238. The highest BCUT2D eigenvalue weighted by molar-refractivity contribution is 7.10. The average Bonchev–Trinajstić information content (AvgIpc) is 3.10. The molecule has 0 amide bonds. The Bertz CT molecular complexity index is 784. The van der Waals surface area contributed by atoms with Crippen LogP contribution in [0.3, 0.4) is 0 Å². The van der Waals surface area contributed by atoms with Crippen LogP contribution in [0.4, 0.5) is 0 Å². The lowest BCUT2D eigenvalue weighted by Crippen LogP contribution is -2.19. The van der Waals surface area contributed by atoms with E-state index in [-0.39, 0.29) is 5.92 Å². The van der Waals surface area contributed by atoms with Gasteiger partial charge in [0.05, 0.1) is 0 Å². The van der Waals surface area contributed by atoms with Crippen molar-refractivity contribution in [1.82, 2.24) is 4.90 Å². The van der Waals surface area contributed by atoms with Gasteiger partial charge in [-0.25, -0.2) is 0 Å². The molecular weight excluding hydrogens is 350 g/mol. The molecule has 25 heavy (non-hydrogen) atoms. The molecule has 2 aromatic carbocycles. The molecule has 0 saturated carbocycles. The van der Waals surface area contributed by atoms with E-state index in [1.165, 1.54) is 16.0 Å². The first-order valence-corrected chi connectivity index (χ1v) is 9.55. The number of nitrogens with zero attached hydrogens (tertiary/aromatic N) is 1. The molecule has 0 N–H and O–H groups in total. The third kappa shape index (κ3) is 4.85. The lowest BCUT2D eigenvalue weighted by atomic mass is 9.90. The van der Waals surface area contributed by atoms with Crippen molar-refractivity contribution in [1.29, 1.82) is 0 Å². The van der Waals surface area contributed by atoms with Gasteiger partial charge in [0.1, 0.15) is 12.4 Å². The van der Waals surface area contributed by atoms with Crippen LogP contribution in [0.25, 0.3) is 0 Å². The molecule has 1 unspecified atom stereocenters. The molecule has 0 spiro atoms. The van der Waals surface area contributed by atoms with Crippen LogP contribution >= 0.6 is 22.9 Å². The van der Waals surface area contributed by atoms with Crippen LogP contribution in [-0.2, 0) is 0 Å². The highest BCUT2D eigenvalue weighted by Crippen LogP contribution is 2.36. The number of rotatable bonds is 7. The lowest BCUT2D eigenvalue weighted by molar-refractivity contribution is 0.261. The summed E-state index contributed by atoms with van der Waals surface area (Å²) in [6, 6.07) is 20.8. The van der Waals surface area contributed by atoms with Gasteiger partial charge in [0, 0.05) is 22.4 Å². The SMILES string of the molecule is CN(C)CCOc1ccc(C(c2cccc(Cl)c2)c2cccs2)cc1. The third-order valence-corrected chi connectivity index (χ3v) is 5.20. The van der Waals surface area contributed by atoms with E-state index < -0.39 is 0 Å². The van der Waals surface area contributed by atoms with E-state index in [0.29, 0.717) is 6.61 Å². The van der Waals surface area contributed by atoms with Crippen molar-refractivity contribution in [2.45, 2.75) is 5.92 Å². The highest BCUT2D eigenvalue weighted by Gasteiger charge is 2.18. The summed E-state index contributed by atoms with van der Waals surface area (Å²) in [5.41, 5.74) is 2.45.